The standard InChI is InChI=1S/C16H13N3O/c1-12-5-6-16-18-14(10-19(16)9-12)11-20-15-4-2-3-13(7-15)8-17/h2-7,9-10H,11H2,1H3. The van der Waals surface area contributed by atoms with Crippen molar-refractivity contribution in [2.24, 2.45) is 0 Å². The Morgan fingerprint density at radius 1 is 1.25 bits per heavy atom. The van der Waals surface area contributed by atoms with Gasteiger partial charge in [0.25, 0.3) is 0 Å². The third kappa shape index (κ3) is 2.47. The number of pyridine rings is 1. The molecule has 0 unspecified atom stereocenters. The van der Waals surface area contributed by atoms with Gasteiger partial charge in [-0.3, -0.25) is 0 Å². The third-order valence-electron chi connectivity index (χ3n) is 3.00. The SMILES string of the molecule is Cc1ccc2nc(COc3cccc(C#N)c3)cn2c1. The quantitative estimate of drug-likeness (QED) is 0.729. The van der Waals surface area contributed by atoms with Gasteiger partial charge < -0.3 is 9.14 Å². The average molecular weight is 263 g/mol. The molecular weight excluding hydrogens is 250 g/mol. The van der Waals surface area contributed by atoms with Crippen LogP contribution in [0, 0.1) is 18.3 Å². The summed E-state index contributed by atoms with van der Waals surface area (Å²) < 4.78 is 7.65. The van der Waals surface area contributed by atoms with Crippen LogP contribution in [0.1, 0.15) is 16.8 Å². The minimum atomic E-state index is 0.385. The van der Waals surface area contributed by atoms with Gasteiger partial charge in [0, 0.05) is 12.4 Å². The fourth-order valence-electron chi connectivity index (χ4n) is 2.04. The molecule has 0 saturated heterocycles. The molecule has 0 spiro atoms. The van der Waals surface area contributed by atoms with E-state index in [2.05, 4.69) is 11.1 Å². The van der Waals surface area contributed by atoms with Gasteiger partial charge in [-0.05, 0) is 36.8 Å². The molecule has 3 rings (SSSR count). The predicted molar refractivity (Wildman–Crippen MR) is 75.4 cm³/mol. The molecule has 0 fully saturated rings. The molecule has 2 heterocycles. The number of hydrogen-bond acceptors (Lipinski definition) is 3. The Labute approximate surface area is 116 Å². The maximum Gasteiger partial charge on any atom is 0.137 e. The highest BCUT2D eigenvalue weighted by atomic mass is 16.5. The molecule has 0 atom stereocenters. The minimum absolute atomic E-state index is 0.385. The van der Waals surface area contributed by atoms with Crippen LogP contribution < -0.4 is 4.74 Å². The van der Waals surface area contributed by atoms with Gasteiger partial charge in [0.15, 0.2) is 0 Å². The highest BCUT2D eigenvalue weighted by Crippen LogP contribution is 2.15. The molecule has 0 bridgehead atoms. The fraction of sp³-hybridized carbons (Fsp3) is 0.125. The van der Waals surface area contributed by atoms with E-state index in [-0.39, 0.29) is 0 Å². The fourth-order valence-corrected chi connectivity index (χ4v) is 2.04. The summed E-state index contributed by atoms with van der Waals surface area (Å²) in [6.07, 6.45) is 3.98. The molecule has 0 N–H and O–H groups in total. The van der Waals surface area contributed by atoms with E-state index >= 15 is 0 Å². The number of nitrogens with zero attached hydrogens (tertiary/aromatic N) is 3. The Bertz CT molecular complexity index is 799. The first-order chi connectivity index (χ1) is 9.74. The van der Waals surface area contributed by atoms with Crippen LogP contribution in [-0.4, -0.2) is 9.38 Å². The van der Waals surface area contributed by atoms with Crippen molar-refractivity contribution in [2.75, 3.05) is 0 Å². The maximum absolute atomic E-state index is 8.85. The lowest BCUT2D eigenvalue weighted by atomic mass is 10.2. The van der Waals surface area contributed by atoms with Crippen molar-refractivity contribution in [2.45, 2.75) is 13.5 Å². The number of fused-ring (bicyclic) bond motifs is 1. The van der Waals surface area contributed by atoms with Crippen LogP contribution in [0.3, 0.4) is 0 Å². The molecule has 0 radical (unpaired) electrons. The summed E-state index contributed by atoms with van der Waals surface area (Å²) in [6, 6.07) is 13.2. The van der Waals surface area contributed by atoms with E-state index in [1.807, 2.05) is 41.9 Å². The molecule has 3 aromatic rings. The Balaban J connectivity index is 1.78. The predicted octanol–water partition coefficient (Wildman–Crippen LogP) is 3.09. The van der Waals surface area contributed by atoms with Gasteiger partial charge in [0.2, 0.25) is 0 Å². The van der Waals surface area contributed by atoms with Crippen molar-refractivity contribution in [1.82, 2.24) is 9.38 Å². The van der Waals surface area contributed by atoms with E-state index in [0.29, 0.717) is 17.9 Å². The summed E-state index contributed by atoms with van der Waals surface area (Å²) in [7, 11) is 0. The molecule has 0 aliphatic heterocycles. The van der Waals surface area contributed by atoms with Crippen molar-refractivity contribution in [3.8, 4) is 11.8 Å². The van der Waals surface area contributed by atoms with Crippen LogP contribution >= 0.6 is 0 Å². The molecule has 2 aromatic heterocycles. The van der Waals surface area contributed by atoms with Crippen LogP contribution in [0.5, 0.6) is 5.75 Å². The van der Waals surface area contributed by atoms with Gasteiger partial charge in [-0.1, -0.05) is 12.1 Å². The largest absolute Gasteiger partial charge is 0.487 e. The lowest BCUT2D eigenvalue weighted by Crippen LogP contribution is -1.95. The molecule has 20 heavy (non-hydrogen) atoms. The summed E-state index contributed by atoms with van der Waals surface area (Å²) in [5, 5.41) is 8.85. The van der Waals surface area contributed by atoms with Gasteiger partial charge >= 0.3 is 0 Å². The molecule has 98 valence electrons. The van der Waals surface area contributed by atoms with Crippen molar-refractivity contribution >= 4 is 5.65 Å². The second-order valence-corrected chi connectivity index (χ2v) is 4.63. The monoisotopic (exact) mass is 263 g/mol. The molecule has 0 aliphatic rings. The summed E-state index contributed by atoms with van der Waals surface area (Å²) in [5.41, 5.74) is 3.54. The third-order valence-corrected chi connectivity index (χ3v) is 3.00. The molecule has 0 aliphatic carbocycles. The molecular formula is C16H13N3O. The van der Waals surface area contributed by atoms with E-state index in [9.17, 15) is 0 Å². The molecule has 4 nitrogen and oxygen atoms in total. The highest BCUT2D eigenvalue weighted by molar-refractivity contribution is 5.41. The summed E-state index contributed by atoms with van der Waals surface area (Å²) in [5.74, 6) is 0.678. The van der Waals surface area contributed by atoms with Gasteiger partial charge in [0.1, 0.15) is 18.0 Å². The lowest BCUT2D eigenvalue weighted by molar-refractivity contribution is 0.302. The van der Waals surface area contributed by atoms with Gasteiger partial charge in [-0.15, -0.1) is 0 Å². The van der Waals surface area contributed by atoms with Gasteiger partial charge in [0.05, 0.1) is 17.3 Å². The minimum Gasteiger partial charge on any atom is -0.487 e. The maximum atomic E-state index is 8.85. The smallest absolute Gasteiger partial charge is 0.137 e. The zero-order valence-electron chi connectivity index (χ0n) is 11.1. The Kier molecular flexibility index (Phi) is 3.10. The van der Waals surface area contributed by atoms with Crippen LogP contribution in [0.4, 0.5) is 0 Å². The first kappa shape index (κ1) is 12.2. The summed E-state index contributed by atoms with van der Waals surface area (Å²) in [4.78, 5) is 4.48. The number of rotatable bonds is 3. The number of nitriles is 1. The van der Waals surface area contributed by atoms with Crippen LogP contribution in [0.2, 0.25) is 0 Å². The zero-order valence-corrected chi connectivity index (χ0v) is 11.1. The normalized spacial score (nSPS) is 10.4. The second-order valence-electron chi connectivity index (χ2n) is 4.63. The van der Waals surface area contributed by atoms with Crippen LogP contribution in [0.25, 0.3) is 5.65 Å². The van der Waals surface area contributed by atoms with Crippen molar-refractivity contribution in [3.63, 3.8) is 0 Å². The van der Waals surface area contributed by atoms with Crippen molar-refractivity contribution in [3.05, 3.63) is 65.6 Å². The van der Waals surface area contributed by atoms with Crippen LogP contribution in [-0.2, 0) is 6.61 Å². The Morgan fingerprint density at radius 2 is 2.15 bits per heavy atom. The first-order valence-corrected chi connectivity index (χ1v) is 6.32. The number of ether oxygens (including phenoxy) is 1. The Hall–Kier alpha value is -2.80. The van der Waals surface area contributed by atoms with E-state index in [4.69, 9.17) is 10.00 Å². The van der Waals surface area contributed by atoms with Gasteiger partial charge in [-0.2, -0.15) is 5.26 Å². The highest BCUT2D eigenvalue weighted by Gasteiger charge is 2.03. The number of benzene rings is 1. The van der Waals surface area contributed by atoms with E-state index in [0.717, 1.165) is 11.3 Å². The number of aromatic nitrogens is 2. The van der Waals surface area contributed by atoms with Crippen LogP contribution in [0.15, 0.2) is 48.8 Å². The number of imidazole rings is 1. The van der Waals surface area contributed by atoms with Gasteiger partial charge in [-0.25, -0.2) is 4.98 Å². The Morgan fingerprint density at radius 3 is 3.00 bits per heavy atom. The molecule has 0 amide bonds. The number of aryl methyl sites for hydroxylation is 1. The summed E-state index contributed by atoms with van der Waals surface area (Å²) >= 11 is 0. The average Bonchev–Trinajstić information content (AvgIpc) is 2.87. The lowest BCUT2D eigenvalue weighted by Gasteiger charge is -2.03. The number of hydrogen-bond donors (Lipinski definition) is 0. The van der Waals surface area contributed by atoms with Crippen molar-refractivity contribution in [1.29, 1.82) is 5.26 Å². The first-order valence-electron chi connectivity index (χ1n) is 6.32. The zero-order chi connectivity index (χ0) is 13.9. The topological polar surface area (TPSA) is 50.3 Å². The molecule has 0 saturated carbocycles. The molecule has 1 aromatic carbocycles. The molecule has 4 heteroatoms. The van der Waals surface area contributed by atoms with E-state index in [1.54, 1.807) is 18.2 Å². The van der Waals surface area contributed by atoms with Crippen molar-refractivity contribution < 1.29 is 4.74 Å². The summed E-state index contributed by atoms with van der Waals surface area (Å²) in [6.45, 7) is 2.43. The van der Waals surface area contributed by atoms with E-state index < -0.39 is 0 Å². The van der Waals surface area contributed by atoms with E-state index in [1.165, 1.54) is 5.56 Å². The second kappa shape index (κ2) is 5.06.